The average molecular weight is 459 g/mol. The number of benzene rings is 2. The second-order valence-corrected chi connectivity index (χ2v) is 9.28. The zero-order valence-corrected chi connectivity index (χ0v) is 19.0. The molecule has 0 aromatic heterocycles. The van der Waals surface area contributed by atoms with Gasteiger partial charge in [0.25, 0.3) is 0 Å². The third-order valence-corrected chi connectivity index (χ3v) is 6.26. The Kier molecular flexibility index (Phi) is 7.80. The summed E-state index contributed by atoms with van der Waals surface area (Å²) in [7, 11) is -2.22. The van der Waals surface area contributed by atoms with Crippen molar-refractivity contribution in [3.8, 4) is 5.75 Å². The van der Waals surface area contributed by atoms with Gasteiger partial charge in [-0.3, -0.25) is 9.10 Å². The molecule has 1 amide bonds. The van der Waals surface area contributed by atoms with E-state index in [1.54, 1.807) is 13.2 Å². The summed E-state index contributed by atoms with van der Waals surface area (Å²) >= 11 is 12.2. The Morgan fingerprint density at radius 1 is 1.17 bits per heavy atom. The van der Waals surface area contributed by atoms with Crippen LogP contribution in [0.4, 0.5) is 5.69 Å². The van der Waals surface area contributed by atoms with E-state index in [1.807, 2.05) is 31.2 Å². The number of anilines is 1. The Bertz CT molecular complexity index is 965. The van der Waals surface area contributed by atoms with Crippen molar-refractivity contribution in [3.05, 3.63) is 58.1 Å². The van der Waals surface area contributed by atoms with E-state index in [2.05, 4.69) is 5.32 Å². The van der Waals surface area contributed by atoms with Crippen LogP contribution in [0.1, 0.15) is 31.9 Å². The number of rotatable bonds is 8. The van der Waals surface area contributed by atoms with E-state index in [4.69, 9.17) is 27.9 Å². The van der Waals surface area contributed by atoms with E-state index in [9.17, 15) is 13.2 Å². The van der Waals surface area contributed by atoms with E-state index in [-0.39, 0.29) is 16.8 Å². The smallest absolute Gasteiger partial charge is 0.244 e. The molecule has 2 atom stereocenters. The summed E-state index contributed by atoms with van der Waals surface area (Å²) in [5, 5.41) is 3.41. The molecule has 6 nitrogen and oxygen atoms in total. The fraction of sp³-hybridized carbons (Fsp3) is 0.350. The molecule has 0 fully saturated rings. The molecule has 0 aliphatic carbocycles. The van der Waals surface area contributed by atoms with E-state index in [0.29, 0.717) is 17.2 Å². The number of carbonyl (C=O) groups is 1. The molecule has 0 saturated carbocycles. The van der Waals surface area contributed by atoms with Crippen LogP contribution < -0.4 is 14.4 Å². The van der Waals surface area contributed by atoms with E-state index >= 15 is 0 Å². The first kappa shape index (κ1) is 23.3. The van der Waals surface area contributed by atoms with Crippen molar-refractivity contribution in [2.24, 2.45) is 0 Å². The molecule has 0 unspecified atom stereocenters. The SMILES string of the molecule is CC[C@H](NC(=O)[C@@H](C)N(c1cc(Cl)ccc1Cl)S(C)(=O)=O)c1ccc(OC)cc1. The molecule has 0 bridgehead atoms. The van der Waals surface area contributed by atoms with Gasteiger partial charge in [-0.2, -0.15) is 0 Å². The molecule has 0 heterocycles. The lowest BCUT2D eigenvalue weighted by molar-refractivity contribution is -0.122. The van der Waals surface area contributed by atoms with Crippen LogP contribution in [0.5, 0.6) is 5.75 Å². The number of hydrogen-bond acceptors (Lipinski definition) is 4. The van der Waals surface area contributed by atoms with Gasteiger partial charge in [-0.15, -0.1) is 0 Å². The Hall–Kier alpha value is -1.96. The number of hydrogen-bond donors (Lipinski definition) is 1. The molecule has 2 aromatic rings. The summed E-state index contributed by atoms with van der Waals surface area (Å²) in [6.45, 7) is 3.44. The molecular formula is C20H24Cl2N2O4S. The molecule has 0 saturated heterocycles. The monoisotopic (exact) mass is 458 g/mol. The molecule has 0 aliphatic heterocycles. The number of nitrogens with one attached hydrogen (secondary N) is 1. The highest BCUT2D eigenvalue weighted by Crippen LogP contribution is 2.32. The molecule has 2 aromatic carbocycles. The second kappa shape index (κ2) is 9.69. The summed E-state index contributed by atoms with van der Waals surface area (Å²) in [5.74, 6) is 0.260. The first-order chi connectivity index (χ1) is 13.6. The van der Waals surface area contributed by atoms with Crippen LogP contribution in [0.2, 0.25) is 10.0 Å². The van der Waals surface area contributed by atoms with Gasteiger partial charge in [-0.05, 0) is 49.2 Å². The number of ether oxygens (including phenoxy) is 1. The zero-order chi connectivity index (χ0) is 21.8. The molecule has 0 radical (unpaired) electrons. The predicted molar refractivity (Wildman–Crippen MR) is 117 cm³/mol. The molecule has 158 valence electrons. The van der Waals surface area contributed by atoms with Gasteiger partial charge in [0.15, 0.2) is 0 Å². The van der Waals surface area contributed by atoms with Gasteiger partial charge in [0, 0.05) is 5.02 Å². The van der Waals surface area contributed by atoms with Crippen LogP contribution in [0.25, 0.3) is 0 Å². The zero-order valence-electron chi connectivity index (χ0n) is 16.6. The van der Waals surface area contributed by atoms with Crippen molar-refractivity contribution in [2.45, 2.75) is 32.4 Å². The van der Waals surface area contributed by atoms with E-state index in [1.165, 1.54) is 19.1 Å². The van der Waals surface area contributed by atoms with Gasteiger partial charge >= 0.3 is 0 Å². The van der Waals surface area contributed by atoms with Gasteiger partial charge in [0.05, 0.1) is 30.1 Å². The topological polar surface area (TPSA) is 75.7 Å². The number of nitrogens with zero attached hydrogens (tertiary/aromatic N) is 1. The van der Waals surface area contributed by atoms with Crippen LogP contribution in [0, 0.1) is 0 Å². The first-order valence-corrected chi connectivity index (χ1v) is 11.6. The molecule has 0 spiro atoms. The average Bonchev–Trinajstić information content (AvgIpc) is 2.67. The number of halogens is 2. The second-order valence-electron chi connectivity index (χ2n) is 6.57. The van der Waals surface area contributed by atoms with Gasteiger partial charge in [0.2, 0.25) is 15.9 Å². The minimum absolute atomic E-state index is 0.154. The van der Waals surface area contributed by atoms with Crippen LogP contribution in [-0.2, 0) is 14.8 Å². The van der Waals surface area contributed by atoms with Crippen LogP contribution in [0.15, 0.2) is 42.5 Å². The van der Waals surface area contributed by atoms with Gasteiger partial charge in [-0.25, -0.2) is 8.42 Å². The maximum Gasteiger partial charge on any atom is 0.244 e. The largest absolute Gasteiger partial charge is 0.497 e. The first-order valence-electron chi connectivity index (χ1n) is 8.97. The summed E-state index contributed by atoms with van der Waals surface area (Å²) in [6.07, 6.45) is 1.65. The van der Waals surface area contributed by atoms with Crippen molar-refractivity contribution >= 4 is 44.8 Å². The van der Waals surface area contributed by atoms with E-state index in [0.717, 1.165) is 16.1 Å². The van der Waals surface area contributed by atoms with Crippen molar-refractivity contribution in [1.82, 2.24) is 5.32 Å². The summed E-state index contributed by atoms with van der Waals surface area (Å²) in [5.41, 5.74) is 1.04. The summed E-state index contributed by atoms with van der Waals surface area (Å²) in [4.78, 5) is 12.9. The lowest BCUT2D eigenvalue weighted by atomic mass is 10.0. The van der Waals surface area contributed by atoms with Gasteiger partial charge < -0.3 is 10.1 Å². The highest BCUT2D eigenvalue weighted by molar-refractivity contribution is 7.92. The minimum atomic E-state index is -3.80. The molecule has 29 heavy (non-hydrogen) atoms. The maximum absolute atomic E-state index is 12.9. The Labute approximate surface area is 181 Å². The summed E-state index contributed by atoms with van der Waals surface area (Å²) in [6, 6.07) is 10.5. The third-order valence-electron chi connectivity index (χ3n) is 4.48. The highest BCUT2D eigenvalue weighted by Gasteiger charge is 2.31. The molecule has 9 heteroatoms. The molecule has 2 rings (SSSR count). The Morgan fingerprint density at radius 3 is 2.31 bits per heavy atom. The number of carbonyl (C=O) groups excluding carboxylic acids is 1. The van der Waals surface area contributed by atoms with E-state index < -0.39 is 22.0 Å². The Morgan fingerprint density at radius 2 is 1.79 bits per heavy atom. The summed E-state index contributed by atoms with van der Waals surface area (Å²) < 4.78 is 31.1. The third kappa shape index (κ3) is 5.78. The molecule has 1 N–H and O–H groups in total. The van der Waals surface area contributed by atoms with Crippen molar-refractivity contribution in [1.29, 1.82) is 0 Å². The van der Waals surface area contributed by atoms with Crippen LogP contribution in [-0.4, -0.2) is 33.7 Å². The fourth-order valence-corrected chi connectivity index (χ4v) is 4.59. The number of methoxy groups -OCH3 is 1. The van der Waals surface area contributed by atoms with Crippen LogP contribution in [0.3, 0.4) is 0 Å². The standard InChI is InChI=1S/C20H24Cl2N2O4S/c1-5-18(14-6-9-16(28-3)10-7-14)23-20(25)13(2)24(29(4,26)27)19-12-15(21)8-11-17(19)22/h6-13,18H,5H2,1-4H3,(H,23,25)/t13-,18+/m1/s1. The maximum atomic E-state index is 12.9. The number of amides is 1. The van der Waals surface area contributed by atoms with Crippen molar-refractivity contribution in [3.63, 3.8) is 0 Å². The quantitative estimate of drug-likeness (QED) is 0.634. The van der Waals surface area contributed by atoms with Gasteiger partial charge in [0.1, 0.15) is 11.8 Å². The van der Waals surface area contributed by atoms with Crippen molar-refractivity contribution < 1.29 is 17.9 Å². The lowest BCUT2D eigenvalue weighted by Crippen LogP contribution is -2.48. The molecule has 0 aliphatic rings. The fourth-order valence-electron chi connectivity index (χ4n) is 2.99. The normalized spacial score (nSPS) is 13.4. The molecular weight excluding hydrogens is 435 g/mol. The minimum Gasteiger partial charge on any atom is -0.497 e. The number of sulfonamides is 1. The van der Waals surface area contributed by atoms with Gasteiger partial charge in [-0.1, -0.05) is 42.3 Å². The Balaban J connectivity index is 2.31. The highest BCUT2D eigenvalue weighted by atomic mass is 35.5. The lowest BCUT2D eigenvalue weighted by Gasteiger charge is -2.30. The van der Waals surface area contributed by atoms with Crippen LogP contribution >= 0.6 is 23.2 Å². The van der Waals surface area contributed by atoms with Crippen molar-refractivity contribution in [2.75, 3.05) is 17.7 Å². The predicted octanol–water partition coefficient (Wildman–Crippen LogP) is 4.42.